The maximum Gasteiger partial charge on any atom is 0.261 e. The Morgan fingerprint density at radius 3 is 2.87 bits per heavy atom. The number of amides is 1. The van der Waals surface area contributed by atoms with E-state index in [-0.39, 0.29) is 5.91 Å². The van der Waals surface area contributed by atoms with Crippen LogP contribution in [0.15, 0.2) is 15.9 Å². The Bertz CT molecular complexity index is 396. The summed E-state index contributed by atoms with van der Waals surface area (Å²) in [7, 11) is 0. The average molecular weight is 287 g/mol. The van der Waals surface area contributed by atoms with Crippen LogP contribution in [0.5, 0.6) is 0 Å². The first kappa shape index (κ1) is 9.81. The van der Waals surface area contributed by atoms with Crippen molar-refractivity contribution in [2.24, 2.45) is 11.8 Å². The Balaban J connectivity index is 1.62. The molecular formula is C10H11BrN2OS. The summed E-state index contributed by atoms with van der Waals surface area (Å²) < 4.78 is 0.982. The number of carbonyl (C=O) groups excluding carboxylic acids is 1. The highest BCUT2D eigenvalue weighted by Gasteiger charge is 2.53. The number of piperidine rings is 1. The second-order valence-electron chi connectivity index (χ2n) is 4.11. The summed E-state index contributed by atoms with van der Waals surface area (Å²) in [5.41, 5.74) is 0. The van der Waals surface area contributed by atoms with Gasteiger partial charge >= 0.3 is 0 Å². The predicted octanol–water partition coefficient (Wildman–Crippen LogP) is 1.46. The van der Waals surface area contributed by atoms with Gasteiger partial charge in [-0.25, -0.2) is 0 Å². The molecule has 2 heterocycles. The van der Waals surface area contributed by atoms with E-state index in [0.29, 0.717) is 17.9 Å². The summed E-state index contributed by atoms with van der Waals surface area (Å²) >= 11 is 4.83. The van der Waals surface area contributed by atoms with Crippen molar-refractivity contribution in [1.29, 1.82) is 0 Å². The number of nitrogens with one attached hydrogen (secondary N) is 2. The molecule has 2 N–H and O–H groups in total. The predicted molar refractivity (Wildman–Crippen MR) is 63.1 cm³/mol. The topological polar surface area (TPSA) is 41.1 Å². The van der Waals surface area contributed by atoms with E-state index < -0.39 is 0 Å². The van der Waals surface area contributed by atoms with Crippen LogP contribution in [0.25, 0.3) is 0 Å². The van der Waals surface area contributed by atoms with Crippen LogP contribution in [-0.2, 0) is 0 Å². The second-order valence-corrected chi connectivity index (χ2v) is 5.94. The smallest absolute Gasteiger partial charge is 0.261 e. The molecule has 3 nitrogen and oxygen atoms in total. The van der Waals surface area contributed by atoms with E-state index in [1.54, 1.807) is 0 Å². The Kier molecular flexibility index (Phi) is 2.34. The first-order valence-electron chi connectivity index (χ1n) is 5.01. The molecule has 0 bridgehead atoms. The molecule has 5 heteroatoms. The minimum absolute atomic E-state index is 0.0742. The van der Waals surface area contributed by atoms with E-state index in [9.17, 15) is 4.79 Å². The van der Waals surface area contributed by atoms with Crippen LogP contribution in [0, 0.1) is 11.8 Å². The standard InChI is InChI=1S/C10H11BrN2OS/c11-5-1-8(15-4-5)10(14)13-9-6-2-12-3-7(6)9/h1,4,6-7,9,12H,2-3H2,(H,13,14). The van der Waals surface area contributed by atoms with Crippen molar-refractivity contribution in [2.75, 3.05) is 13.1 Å². The molecule has 1 amide bonds. The van der Waals surface area contributed by atoms with Crippen LogP contribution in [0.3, 0.4) is 0 Å². The van der Waals surface area contributed by atoms with Gasteiger partial charge in [-0.3, -0.25) is 4.79 Å². The van der Waals surface area contributed by atoms with E-state index >= 15 is 0 Å². The molecule has 80 valence electrons. The van der Waals surface area contributed by atoms with Crippen molar-refractivity contribution in [3.8, 4) is 0 Å². The van der Waals surface area contributed by atoms with Gasteiger partial charge in [-0.15, -0.1) is 11.3 Å². The Morgan fingerprint density at radius 1 is 1.53 bits per heavy atom. The van der Waals surface area contributed by atoms with E-state index in [1.807, 2.05) is 11.4 Å². The maximum atomic E-state index is 11.8. The normalized spacial score (nSPS) is 32.5. The monoisotopic (exact) mass is 286 g/mol. The summed E-state index contributed by atoms with van der Waals surface area (Å²) in [6, 6.07) is 2.29. The number of thiophene rings is 1. The zero-order valence-corrected chi connectivity index (χ0v) is 10.4. The third-order valence-corrected chi connectivity index (χ3v) is 4.87. The molecule has 2 unspecified atom stereocenters. The van der Waals surface area contributed by atoms with Gasteiger partial charge in [0.2, 0.25) is 0 Å². The quantitative estimate of drug-likeness (QED) is 0.864. The number of hydrogen-bond acceptors (Lipinski definition) is 3. The van der Waals surface area contributed by atoms with Crippen molar-refractivity contribution in [3.05, 3.63) is 20.8 Å². The summed E-state index contributed by atoms with van der Waals surface area (Å²) in [5.74, 6) is 1.43. The molecule has 1 aromatic heterocycles. The summed E-state index contributed by atoms with van der Waals surface area (Å²) in [6.45, 7) is 2.12. The number of hydrogen-bond donors (Lipinski definition) is 2. The average Bonchev–Trinajstić information content (AvgIpc) is 2.66. The molecule has 15 heavy (non-hydrogen) atoms. The number of carbonyl (C=O) groups is 1. The van der Waals surface area contributed by atoms with Gasteiger partial charge in [-0.05, 0) is 33.8 Å². The van der Waals surface area contributed by atoms with Gasteiger partial charge in [-0.2, -0.15) is 0 Å². The van der Waals surface area contributed by atoms with Crippen molar-refractivity contribution in [2.45, 2.75) is 6.04 Å². The summed E-state index contributed by atoms with van der Waals surface area (Å²) in [4.78, 5) is 12.6. The van der Waals surface area contributed by atoms with Crippen LogP contribution in [0.4, 0.5) is 0 Å². The molecule has 1 aromatic rings. The highest BCUT2D eigenvalue weighted by atomic mass is 79.9. The maximum absolute atomic E-state index is 11.8. The Morgan fingerprint density at radius 2 is 2.27 bits per heavy atom. The lowest BCUT2D eigenvalue weighted by Gasteiger charge is -2.05. The van der Waals surface area contributed by atoms with E-state index in [1.165, 1.54) is 11.3 Å². The van der Waals surface area contributed by atoms with Crippen LogP contribution in [0.2, 0.25) is 0 Å². The van der Waals surface area contributed by atoms with Gasteiger partial charge in [0.1, 0.15) is 0 Å². The molecule has 0 radical (unpaired) electrons. The minimum atomic E-state index is 0.0742. The van der Waals surface area contributed by atoms with Crippen LogP contribution in [-0.4, -0.2) is 25.0 Å². The molecule has 1 saturated carbocycles. The van der Waals surface area contributed by atoms with Crippen LogP contribution < -0.4 is 10.6 Å². The van der Waals surface area contributed by atoms with E-state index in [0.717, 1.165) is 22.4 Å². The molecule has 3 rings (SSSR count). The first-order chi connectivity index (χ1) is 7.25. The number of rotatable bonds is 2. The second kappa shape index (κ2) is 3.57. The molecule has 1 aliphatic heterocycles. The fraction of sp³-hybridized carbons (Fsp3) is 0.500. The fourth-order valence-corrected chi connectivity index (χ4v) is 3.62. The lowest BCUT2D eigenvalue weighted by Crippen LogP contribution is -2.32. The Labute approximate surface area is 100 Å². The van der Waals surface area contributed by atoms with Crippen molar-refractivity contribution < 1.29 is 4.79 Å². The van der Waals surface area contributed by atoms with Gasteiger partial charge in [0.15, 0.2) is 0 Å². The molecular weight excluding hydrogens is 276 g/mol. The first-order valence-corrected chi connectivity index (χ1v) is 6.68. The summed E-state index contributed by atoms with van der Waals surface area (Å²) in [5, 5.41) is 8.34. The third-order valence-electron chi connectivity index (χ3n) is 3.18. The zero-order valence-electron chi connectivity index (χ0n) is 8.00. The SMILES string of the molecule is O=C(NC1C2CNCC21)c1cc(Br)cs1. The van der Waals surface area contributed by atoms with E-state index in [2.05, 4.69) is 26.6 Å². The largest absolute Gasteiger partial charge is 0.348 e. The van der Waals surface area contributed by atoms with Crippen LogP contribution in [0.1, 0.15) is 9.67 Å². The van der Waals surface area contributed by atoms with E-state index in [4.69, 9.17) is 0 Å². The lowest BCUT2D eigenvalue weighted by molar-refractivity contribution is 0.0950. The molecule has 1 saturated heterocycles. The molecule has 1 aliphatic carbocycles. The van der Waals surface area contributed by atoms with Crippen molar-refractivity contribution in [3.63, 3.8) is 0 Å². The molecule has 2 atom stereocenters. The zero-order chi connectivity index (χ0) is 10.4. The van der Waals surface area contributed by atoms with Gasteiger partial charge < -0.3 is 10.6 Å². The molecule has 2 fully saturated rings. The van der Waals surface area contributed by atoms with Gasteiger partial charge in [-0.1, -0.05) is 0 Å². The lowest BCUT2D eigenvalue weighted by atomic mass is 10.4. The number of halogens is 1. The fourth-order valence-electron chi connectivity index (χ4n) is 2.29. The summed E-state index contributed by atoms with van der Waals surface area (Å²) in [6.07, 6.45) is 0. The van der Waals surface area contributed by atoms with Gasteiger partial charge in [0.05, 0.1) is 4.88 Å². The minimum Gasteiger partial charge on any atom is -0.348 e. The van der Waals surface area contributed by atoms with Gasteiger partial charge in [0, 0.05) is 29.0 Å². The van der Waals surface area contributed by atoms with Crippen LogP contribution >= 0.6 is 27.3 Å². The van der Waals surface area contributed by atoms with Crippen molar-refractivity contribution >= 4 is 33.2 Å². The number of fused-ring (bicyclic) bond motifs is 1. The third kappa shape index (κ3) is 1.73. The molecule has 2 aliphatic rings. The molecule has 0 aromatic carbocycles. The highest BCUT2D eigenvalue weighted by Crippen LogP contribution is 2.41. The van der Waals surface area contributed by atoms with Gasteiger partial charge in [0.25, 0.3) is 5.91 Å². The Hall–Kier alpha value is -0.390. The molecule has 0 spiro atoms. The van der Waals surface area contributed by atoms with Crippen molar-refractivity contribution in [1.82, 2.24) is 10.6 Å². The highest BCUT2D eigenvalue weighted by molar-refractivity contribution is 9.10.